The van der Waals surface area contributed by atoms with Crippen LogP contribution < -0.4 is 0 Å². The number of amides is 2. The first-order valence-electron chi connectivity index (χ1n) is 7.73. The number of hydrogen-bond donors (Lipinski definition) is 0. The predicted molar refractivity (Wildman–Crippen MR) is 82.0 cm³/mol. The molecule has 1 aliphatic heterocycles. The number of imide groups is 1. The van der Waals surface area contributed by atoms with Crippen LogP contribution in [0.15, 0.2) is 36.9 Å². The Morgan fingerprint density at radius 2 is 1.81 bits per heavy atom. The number of hydrogen-bond acceptors (Lipinski definition) is 2. The van der Waals surface area contributed by atoms with Gasteiger partial charge in [-0.3, -0.25) is 14.5 Å². The lowest BCUT2D eigenvalue weighted by Gasteiger charge is -2.40. The molecule has 3 heteroatoms. The third kappa shape index (κ3) is 2.21. The first kappa shape index (κ1) is 14.1. The Labute approximate surface area is 125 Å². The van der Waals surface area contributed by atoms with E-state index in [0.717, 1.165) is 25.7 Å². The van der Waals surface area contributed by atoms with Crippen LogP contribution in [0.25, 0.3) is 0 Å². The SMILES string of the molecule is C=CC[C@H]1[C@H](C)CCC[C@H]1N1C(=O)c2ccccc2C1=O. The normalized spacial score (nSPS) is 28.6. The second kappa shape index (κ2) is 5.47. The van der Waals surface area contributed by atoms with Gasteiger partial charge in [0.25, 0.3) is 11.8 Å². The van der Waals surface area contributed by atoms with Crippen LogP contribution in [0.5, 0.6) is 0 Å². The van der Waals surface area contributed by atoms with Gasteiger partial charge >= 0.3 is 0 Å². The Kier molecular flexibility index (Phi) is 3.66. The summed E-state index contributed by atoms with van der Waals surface area (Å²) in [6, 6.07) is 7.16. The molecule has 3 atom stereocenters. The number of carbonyl (C=O) groups is 2. The summed E-state index contributed by atoms with van der Waals surface area (Å²) in [6.45, 7) is 6.06. The molecule has 3 rings (SSSR count). The molecule has 0 aromatic heterocycles. The highest BCUT2D eigenvalue weighted by atomic mass is 16.2. The maximum Gasteiger partial charge on any atom is 0.261 e. The van der Waals surface area contributed by atoms with Crippen molar-refractivity contribution in [3.63, 3.8) is 0 Å². The van der Waals surface area contributed by atoms with Crippen molar-refractivity contribution in [2.75, 3.05) is 0 Å². The van der Waals surface area contributed by atoms with Crippen LogP contribution in [0.1, 0.15) is 53.3 Å². The van der Waals surface area contributed by atoms with Crippen LogP contribution >= 0.6 is 0 Å². The van der Waals surface area contributed by atoms with Crippen molar-refractivity contribution in [3.05, 3.63) is 48.0 Å². The van der Waals surface area contributed by atoms with E-state index in [9.17, 15) is 9.59 Å². The average molecular weight is 283 g/mol. The molecule has 0 unspecified atom stereocenters. The van der Waals surface area contributed by atoms with E-state index in [1.807, 2.05) is 18.2 Å². The zero-order valence-electron chi connectivity index (χ0n) is 12.4. The van der Waals surface area contributed by atoms with Gasteiger partial charge in [-0.25, -0.2) is 0 Å². The average Bonchev–Trinajstić information content (AvgIpc) is 2.74. The zero-order chi connectivity index (χ0) is 15.0. The van der Waals surface area contributed by atoms with Crippen molar-refractivity contribution in [1.82, 2.24) is 4.90 Å². The Balaban J connectivity index is 1.95. The van der Waals surface area contributed by atoms with Gasteiger partial charge in [-0.05, 0) is 36.8 Å². The fraction of sp³-hybridized carbons (Fsp3) is 0.444. The fourth-order valence-electron chi connectivity index (χ4n) is 3.87. The Morgan fingerprint density at radius 3 is 2.38 bits per heavy atom. The number of nitrogens with zero attached hydrogens (tertiary/aromatic N) is 1. The van der Waals surface area contributed by atoms with Crippen LogP contribution in [-0.4, -0.2) is 22.8 Å². The molecule has 1 fully saturated rings. The maximum absolute atomic E-state index is 12.6. The van der Waals surface area contributed by atoms with Crippen molar-refractivity contribution in [3.8, 4) is 0 Å². The van der Waals surface area contributed by atoms with Crippen LogP contribution in [0, 0.1) is 11.8 Å². The van der Waals surface area contributed by atoms with E-state index in [1.165, 1.54) is 4.90 Å². The highest BCUT2D eigenvalue weighted by molar-refractivity contribution is 6.21. The minimum absolute atomic E-state index is 0.0131. The molecule has 1 heterocycles. The predicted octanol–water partition coefficient (Wildman–Crippen LogP) is 3.66. The summed E-state index contributed by atoms with van der Waals surface area (Å²) in [5, 5.41) is 0. The topological polar surface area (TPSA) is 37.4 Å². The molecular weight excluding hydrogens is 262 g/mol. The summed E-state index contributed by atoms with van der Waals surface area (Å²) in [4.78, 5) is 26.8. The van der Waals surface area contributed by atoms with Crippen LogP contribution in [-0.2, 0) is 0 Å². The van der Waals surface area contributed by atoms with Gasteiger partial charge in [0.15, 0.2) is 0 Å². The third-order valence-corrected chi connectivity index (χ3v) is 4.98. The Bertz CT molecular complexity index is 558. The zero-order valence-corrected chi connectivity index (χ0v) is 12.4. The van der Waals surface area contributed by atoms with E-state index in [0.29, 0.717) is 23.0 Å². The Hall–Kier alpha value is -1.90. The highest BCUT2D eigenvalue weighted by Crippen LogP contribution is 2.38. The molecule has 1 aromatic carbocycles. The largest absolute Gasteiger partial charge is 0.271 e. The third-order valence-electron chi connectivity index (χ3n) is 4.98. The first-order chi connectivity index (χ1) is 10.1. The van der Waals surface area contributed by atoms with Gasteiger partial charge in [-0.2, -0.15) is 0 Å². The van der Waals surface area contributed by atoms with Crippen LogP contribution in [0.4, 0.5) is 0 Å². The fourth-order valence-corrected chi connectivity index (χ4v) is 3.87. The molecular formula is C18H21NO2. The van der Waals surface area contributed by atoms with Crippen molar-refractivity contribution >= 4 is 11.8 Å². The molecule has 0 saturated heterocycles. The smallest absolute Gasteiger partial charge is 0.261 e. The monoisotopic (exact) mass is 283 g/mol. The maximum atomic E-state index is 12.6. The first-order valence-corrected chi connectivity index (χ1v) is 7.73. The summed E-state index contributed by atoms with van der Waals surface area (Å²) >= 11 is 0. The van der Waals surface area contributed by atoms with Gasteiger partial charge < -0.3 is 0 Å². The molecule has 1 saturated carbocycles. The molecule has 1 aromatic rings. The van der Waals surface area contributed by atoms with E-state index in [-0.39, 0.29) is 17.9 Å². The molecule has 0 bridgehead atoms. The van der Waals surface area contributed by atoms with Gasteiger partial charge in [0, 0.05) is 6.04 Å². The minimum atomic E-state index is -0.122. The van der Waals surface area contributed by atoms with Gasteiger partial charge in [0.05, 0.1) is 11.1 Å². The summed E-state index contributed by atoms with van der Waals surface area (Å²) in [5.74, 6) is 0.608. The molecule has 2 aliphatic rings. The molecule has 0 N–H and O–H groups in total. The summed E-state index contributed by atoms with van der Waals surface area (Å²) in [7, 11) is 0. The van der Waals surface area contributed by atoms with Gasteiger partial charge in [-0.15, -0.1) is 6.58 Å². The number of fused-ring (bicyclic) bond motifs is 1. The molecule has 2 amide bonds. The molecule has 110 valence electrons. The van der Waals surface area contributed by atoms with Gasteiger partial charge in [-0.1, -0.05) is 38.0 Å². The number of carbonyl (C=O) groups excluding carboxylic acids is 2. The second-order valence-corrected chi connectivity index (χ2v) is 6.19. The molecule has 0 radical (unpaired) electrons. The summed E-state index contributed by atoms with van der Waals surface area (Å²) in [6.07, 6.45) is 5.93. The number of allylic oxidation sites excluding steroid dienone is 1. The van der Waals surface area contributed by atoms with E-state index >= 15 is 0 Å². The highest BCUT2D eigenvalue weighted by Gasteiger charge is 2.44. The van der Waals surface area contributed by atoms with E-state index in [2.05, 4.69) is 13.5 Å². The van der Waals surface area contributed by atoms with Crippen LogP contribution in [0.3, 0.4) is 0 Å². The van der Waals surface area contributed by atoms with Crippen molar-refractivity contribution in [2.45, 2.75) is 38.6 Å². The van der Waals surface area contributed by atoms with Crippen molar-refractivity contribution < 1.29 is 9.59 Å². The lowest BCUT2D eigenvalue weighted by molar-refractivity contribution is 0.0410. The number of benzene rings is 1. The minimum Gasteiger partial charge on any atom is -0.271 e. The van der Waals surface area contributed by atoms with Crippen molar-refractivity contribution in [1.29, 1.82) is 0 Å². The standard InChI is InChI=1S/C18H21NO2/c1-3-7-13-12(2)8-6-11-16(13)19-17(20)14-9-4-5-10-15(14)18(19)21/h3-5,9-10,12-13,16H,1,6-8,11H2,2H3/t12-,13+,16-/m1/s1. The van der Waals surface area contributed by atoms with Gasteiger partial charge in [0.2, 0.25) is 0 Å². The summed E-state index contributed by atoms with van der Waals surface area (Å²) < 4.78 is 0. The molecule has 21 heavy (non-hydrogen) atoms. The Morgan fingerprint density at radius 1 is 1.19 bits per heavy atom. The van der Waals surface area contributed by atoms with Crippen molar-refractivity contribution in [2.24, 2.45) is 11.8 Å². The lowest BCUT2D eigenvalue weighted by Crippen LogP contribution is -2.47. The quantitative estimate of drug-likeness (QED) is 0.627. The molecule has 1 aliphatic carbocycles. The molecule has 3 nitrogen and oxygen atoms in total. The van der Waals surface area contributed by atoms with E-state index in [1.54, 1.807) is 12.1 Å². The van der Waals surface area contributed by atoms with E-state index < -0.39 is 0 Å². The number of rotatable bonds is 3. The lowest BCUT2D eigenvalue weighted by atomic mass is 9.74. The van der Waals surface area contributed by atoms with Gasteiger partial charge in [0.1, 0.15) is 0 Å². The molecule has 0 spiro atoms. The second-order valence-electron chi connectivity index (χ2n) is 6.19. The van der Waals surface area contributed by atoms with E-state index in [4.69, 9.17) is 0 Å². The summed E-state index contributed by atoms with van der Waals surface area (Å²) in [5.41, 5.74) is 1.11. The van der Waals surface area contributed by atoms with Crippen LogP contribution in [0.2, 0.25) is 0 Å².